The van der Waals surface area contributed by atoms with E-state index in [-0.39, 0.29) is 40.1 Å². The van der Waals surface area contributed by atoms with Crippen LogP contribution in [0.2, 0.25) is 0 Å². The second-order valence-corrected chi connectivity index (χ2v) is 8.03. The van der Waals surface area contributed by atoms with Crippen molar-refractivity contribution in [3.05, 3.63) is 42.0 Å². The molecule has 2 amide bonds. The van der Waals surface area contributed by atoms with Crippen LogP contribution >= 0.6 is 0 Å². The lowest BCUT2D eigenvalue weighted by molar-refractivity contribution is -0.0512. The number of hydrogen-bond donors (Lipinski definition) is 3. The SMILES string of the molecule is CCS(=O)(=O)c1ccc(O)c(NC(=O)NCc2ccc(OC(F)F)c(OC)c2)c1. The summed E-state index contributed by atoms with van der Waals surface area (Å²) < 4.78 is 57.9. The van der Waals surface area contributed by atoms with Crippen LogP contribution in [-0.4, -0.2) is 39.0 Å². The highest BCUT2D eigenvalue weighted by Gasteiger charge is 2.16. The minimum absolute atomic E-state index is 0.00482. The third-order valence-corrected chi connectivity index (χ3v) is 5.58. The van der Waals surface area contributed by atoms with Crippen LogP contribution in [0, 0.1) is 0 Å². The van der Waals surface area contributed by atoms with Gasteiger partial charge in [-0.25, -0.2) is 13.2 Å². The first-order valence-corrected chi connectivity index (χ1v) is 10.0. The van der Waals surface area contributed by atoms with Crippen molar-refractivity contribution in [2.45, 2.75) is 25.0 Å². The van der Waals surface area contributed by atoms with E-state index in [1.54, 1.807) is 0 Å². The normalized spacial score (nSPS) is 11.2. The lowest BCUT2D eigenvalue weighted by Gasteiger charge is -2.13. The van der Waals surface area contributed by atoms with E-state index in [0.29, 0.717) is 5.56 Å². The molecule has 0 radical (unpaired) electrons. The number of hydrogen-bond acceptors (Lipinski definition) is 6. The Morgan fingerprint density at radius 3 is 2.52 bits per heavy atom. The molecule has 0 spiro atoms. The summed E-state index contributed by atoms with van der Waals surface area (Å²) in [4.78, 5) is 12.1. The van der Waals surface area contributed by atoms with Gasteiger partial charge in [0.15, 0.2) is 21.3 Å². The van der Waals surface area contributed by atoms with Crippen LogP contribution in [-0.2, 0) is 16.4 Å². The van der Waals surface area contributed by atoms with Crippen LogP contribution < -0.4 is 20.1 Å². The van der Waals surface area contributed by atoms with Crippen molar-refractivity contribution in [3.8, 4) is 17.2 Å². The molecule has 3 N–H and O–H groups in total. The molecule has 2 aromatic rings. The summed E-state index contributed by atoms with van der Waals surface area (Å²) in [6.07, 6.45) is 0. The number of urea groups is 1. The van der Waals surface area contributed by atoms with Gasteiger partial charge in [-0.2, -0.15) is 8.78 Å². The number of phenols is 1. The third kappa shape index (κ3) is 5.95. The van der Waals surface area contributed by atoms with Crippen molar-refractivity contribution in [1.82, 2.24) is 5.32 Å². The summed E-state index contributed by atoms with van der Waals surface area (Å²) in [5, 5.41) is 14.7. The number of nitrogens with one attached hydrogen (secondary N) is 2. The molecule has 0 unspecified atom stereocenters. The minimum Gasteiger partial charge on any atom is -0.506 e. The molecule has 0 bridgehead atoms. The Morgan fingerprint density at radius 1 is 1.17 bits per heavy atom. The predicted octanol–water partition coefficient (Wildman–Crippen LogP) is 3.12. The molecule has 158 valence electrons. The van der Waals surface area contributed by atoms with Gasteiger partial charge >= 0.3 is 12.6 Å². The number of phenolic OH excluding ortho intramolecular Hbond substituents is 1. The number of methoxy groups -OCH3 is 1. The van der Waals surface area contributed by atoms with Gasteiger partial charge in [-0.15, -0.1) is 0 Å². The summed E-state index contributed by atoms with van der Waals surface area (Å²) in [7, 11) is -2.22. The number of benzene rings is 2. The molecule has 2 rings (SSSR count). The molecule has 0 fully saturated rings. The van der Waals surface area contributed by atoms with Crippen molar-refractivity contribution < 1.29 is 36.6 Å². The van der Waals surface area contributed by atoms with Crippen molar-refractivity contribution in [2.75, 3.05) is 18.2 Å². The molecule has 11 heteroatoms. The van der Waals surface area contributed by atoms with E-state index in [0.717, 1.165) is 6.07 Å². The number of carbonyl (C=O) groups is 1. The fourth-order valence-electron chi connectivity index (χ4n) is 2.34. The maximum atomic E-state index is 12.4. The highest BCUT2D eigenvalue weighted by atomic mass is 32.2. The van der Waals surface area contributed by atoms with Gasteiger partial charge in [0.25, 0.3) is 0 Å². The van der Waals surface area contributed by atoms with Gasteiger partial charge in [0.2, 0.25) is 0 Å². The van der Waals surface area contributed by atoms with Gasteiger partial charge in [0.1, 0.15) is 5.75 Å². The summed E-state index contributed by atoms with van der Waals surface area (Å²) in [6, 6.07) is 7.03. The van der Waals surface area contributed by atoms with E-state index >= 15 is 0 Å². The summed E-state index contributed by atoms with van der Waals surface area (Å²) in [6.45, 7) is -1.52. The van der Waals surface area contributed by atoms with Crippen molar-refractivity contribution in [1.29, 1.82) is 0 Å². The number of rotatable bonds is 8. The summed E-state index contributed by atoms with van der Waals surface area (Å²) in [5.74, 6) is -0.503. The molecule has 0 aliphatic carbocycles. The van der Waals surface area contributed by atoms with Crippen LogP contribution in [0.1, 0.15) is 12.5 Å². The molecule has 8 nitrogen and oxygen atoms in total. The number of alkyl halides is 2. The fraction of sp³-hybridized carbons (Fsp3) is 0.278. The largest absolute Gasteiger partial charge is 0.506 e. The maximum absolute atomic E-state index is 12.4. The molecule has 0 aromatic heterocycles. The molecule has 0 aliphatic heterocycles. The van der Waals surface area contributed by atoms with Gasteiger partial charge in [-0.1, -0.05) is 13.0 Å². The summed E-state index contributed by atoms with van der Waals surface area (Å²) in [5.41, 5.74) is 0.459. The monoisotopic (exact) mass is 430 g/mol. The molecular weight excluding hydrogens is 410 g/mol. The van der Waals surface area contributed by atoms with Gasteiger partial charge in [-0.3, -0.25) is 0 Å². The quantitative estimate of drug-likeness (QED) is 0.555. The van der Waals surface area contributed by atoms with Crippen LogP contribution in [0.5, 0.6) is 17.2 Å². The third-order valence-electron chi connectivity index (χ3n) is 3.85. The Labute approximate surface area is 166 Å². The van der Waals surface area contributed by atoms with Gasteiger partial charge in [-0.05, 0) is 35.9 Å². The Bertz CT molecular complexity index is 982. The number of halogens is 2. The molecule has 29 heavy (non-hydrogen) atoms. The number of sulfone groups is 1. The second kappa shape index (κ2) is 9.41. The van der Waals surface area contributed by atoms with Crippen molar-refractivity contribution in [3.63, 3.8) is 0 Å². The first-order chi connectivity index (χ1) is 13.7. The van der Waals surface area contributed by atoms with Crippen LogP contribution in [0.4, 0.5) is 19.3 Å². The molecule has 0 saturated heterocycles. The highest BCUT2D eigenvalue weighted by molar-refractivity contribution is 7.91. The van der Waals surface area contributed by atoms with Crippen molar-refractivity contribution >= 4 is 21.6 Å². The van der Waals surface area contributed by atoms with E-state index in [9.17, 15) is 27.1 Å². The van der Waals surface area contributed by atoms with Gasteiger partial charge < -0.3 is 25.2 Å². The van der Waals surface area contributed by atoms with E-state index in [2.05, 4.69) is 15.4 Å². The van der Waals surface area contributed by atoms with Gasteiger partial charge in [0.05, 0.1) is 23.4 Å². The Balaban J connectivity index is 2.06. The fourth-order valence-corrected chi connectivity index (χ4v) is 3.25. The topological polar surface area (TPSA) is 114 Å². The molecular formula is C18H20F2N2O6S. The average molecular weight is 430 g/mol. The lowest BCUT2D eigenvalue weighted by atomic mass is 10.2. The van der Waals surface area contributed by atoms with E-state index in [4.69, 9.17) is 4.74 Å². The molecule has 0 atom stereocenters. The first kappa shape index (κ1) is 22.2. The average Bonchev–Trinajstić information content (AvgIpc) is 2.68. The molecule has 2 aromatic carbocycles. The standard InChI is InChI=1S/C18H20F2N2O6S/c1-3-29(25,26)12-5-6-14(23)13(9-12)22-18(24)21-10-11-4-7-15(28-17(19)20)16(8-11)27-2/h4-9,17,23H,3,10H2,1-2H3,(H2,21,22,24). The van der Waals surface area contributed by atoms with Crippen LogP contribution in [0.15, 0.2) is 41.3 Å². The number of aromatic hydroxyl groups is 1. The second-order valence-electron chi connectivity index (χ2n) is 5.75. The van der Waals surface area contributed by atoms with Crippen LogP contribution in [0.3, 0.4) is 0 Å². The zero-order valence-electron chi connectivity index (χ0n) is 15.6. The number of amides is 2. The summed E-state index contributed by atoms with van der Waals surface area (Å²) >= 11 is 0. The molecule has 0 saturated carbocycles. The predicted molar refractivity (Wildman–Crippen MR) is 101 cm³/mol. The van der Waals surface area contributed by atoms with Gasteiger partial charge in [0, 0.05) is 6.54 Å². The number of anilines is 1. The Morgan fingerprint density at radius 2 is 1.90 bits per heavy atom. The number of ether oxygens (including phenoxy) is 2. The smallest absolute Gasteiger partial charge is 0.387 e. The molecule has 0 heterocycles. The Hall–Kier alpha value is -3.08. The maximum Gasteiger partial charge on any atom is 0.387 e. The van der Waals surface area contributed by atoms with E-state index in [1.165, 1.54) is 44.4 Å². The van der Waals surface area contributed by atoms with E-state index < -0.39 is 22.5 Å². The number of carbonyl (C=O) groups excluding carboxylic acids is 1. The zero-order valence-corrected chi connectivity index (χ0v) is 16.4. The first-order valence-electron chi connectivity index (χ1n) is 8.38. The zero-order chi connectivity index (χ0) is 21.6. The lowest BCUT2D eigenvalue weighted by Crippen LogP contribution is -2.28. The van der Waals surface area contributed by atoms with Crippen molar-refractivity contribution in [2.24, 2.45) is 0 Å². The highest BCUT2D eigenvalue weighted by Crippen LogP contribution is 2.30. The van der Waals surface area contributed by atoms with E-state index in [1.807, 2.05) is 0 Å². The Kier molecular flexibility index (Phi) is 7.21. The van der Waals surface area contributed by atoms with Crippen LogP contribution in [0.25, 0.3) is 0 Å². The minimum atomic E-state index is -3.51. The molecule has 0 aliphatic rings.